The van der Waals surface area contributed by atoms with E-state index in [1.807, 2.05) is 15.3 Å². The molecule has 17 heteroatoms. The van der Waals surface area contributed by atoms with Crippen molar-refractivity contribution in [3.05, 3.63) is 92.0 Å². The quantitative estimate of drug-likeness (QED) is 0.0908. The number of aromatic nitrogens is 4. The van der Waals surface area contributed by atoms with Crippen molar-refractivity contribution in [1.82, 2.24) is 24.4 Å². The first-order chi connectivity index (χ1) is 22.5. The van der Waals surface area contributed by atoms with Crippen molar-refractivity contribution < 1.29 is 31.8 Å². The van der Waals surface area contributed by atoms with Crippen molar-refractivity contribution in [2.24, 2.45) is 5.73 Å². The molecule has 0 unspecified atom stereocenters. The predicted molar refractivity (Wildman–Crippen MR) is 192 cm³/mol. The molecule has 1 amide bonds. The van der Waals surface area contributed by atoms with Crippen LogP contribution in [0.2, 0.25) is 0 Å². The van der Waals surface area contributed by atoms with Crippen molar-refractivity contribution >= 4 is 67.6 Å². The van der Waals surface area contributed by atoms with E-state index in [0.29, 0.717) is 66.0 Å². The average Bonchev–Trinajstić information content (AvgIpc) is 3.58. The predicted octanol–water partition coefficient (Wildman–Crippen LogP) is 6.95. The number of aromatic amines is 2. The molecule has 9 nitrogen and oxygen atoms in total. The van der Waals surface area contributed by atoms with Crippen LogP contribution < -0.4 is 20.5 Å². The molecule has 254 valence electrons. The Morgan fingerprint density at radius 2 is 1.32 bits per heavy atom. The third-order valence-corrected chi connectivity index (χ3v) is 8.22. The van der Waals surface area contributed by atoms with Gasteiger partial charge in [-0.05, 0) is 43.1 Å². The average molecular weight is 919 g/mol. The van der Waals surface area contributed by atoms with E-state index in [1.165, 1.54) is 19.1 Å². The molecule has 0 aliphatic carbocycles. The number of carbonyl (C=O) groups excluding carboxylic acids is 1. The Morgan fingerprint density at radius 1 is 0.872 bits per heavy atom. The summed E-state index contributed by atoms with van der Waals surface area (Å²) in [5.41, 5.74) is 8.47. The molecule has 2 atom stereocenters. The summed E-state index contributed by atoms with van der Waals surface area (Å²) in [6, 6.07) is 3.99. The fraction of sp³-hybridized carbons (Fsp3) is 0.367. The summed E-state index contributed by atoms with van der Waals surface area (Å²) in [7, 11) is 0. The van der Waals surface area contributed by atoms with Gasteiger partial charge in [0, 0.05) is 123 Å². The van der Waals surface area contributed by atoms with Crippen LogP contribution in [-0.4, -0.2) is 51.3 Å². The molecule has 6 rings (SSSR count). The smallest absolute Gasteiger partial charge is 0.216 e. The van der Waals surface area contributed by atoms with E-state index in [-0.39, 0.29) is 36.1 Å². The second-order valence-corrected chi connectivity index (χ2v) is 11.5. The maximum absolute atomic E-state index is 13.8. The molecule has 0 bridgehead atoms. The minimum atomic E-state index is -0.688. The number of H-pyrrole nitrogens is 2. The van der Waals surface area contributed by atoms with Gasteiger partial charge in [0.15, 0.2) is 32.7 Å². The molecule has 2 aromatic carbocycles. The molecule has 0 saturated carbocycles. The number of benzene rings is 2. The van der Waals surface area contributed by atoms with Gasteiger partial charge in [0.2, 0.25) is 5.91 Å². The zero-order valence-corrected chi connectivity index (χ0v) is 31.0. The topological polar surface area (TPSA) is 115 Å². The SMILES string of the molecule is CC(=O)NCCc1c[nH]c(=S)n1[C@H]1COc2c(F)cc(F)cc2C1.II.NCCc1c[nH]c(=S)n1[C@H]1COc2c(F)cc(F)cc2C1. The number of hydrogen-bond donors (Lipinski definition) is 4. The number of nitrogens with two attached hydrogens (primary N) is 1. The molecule has 0 fully saturated rings. The Labute approximate surface area is 301 Å². The zero-order valence-electron chi connectivity index (χ0n) is 25.1. The highest BCUT2D eigenvalue weighted by Crippen LogP contribution is 2.35. The van der Waals surface area contributed by atoms with Gasteiger partial charge in [0.05, 0.1) is 12.1 Å². The molecular formula is C30H32F4I2N6O3S2. The lowest BCUT2D eigenvalue weighted by Crippen LogP contribution is -2.28. The number of halogens is 6. The van der Waals surface area contributed by atoms with Crippen LogP contribution in [0, 0.1) is 32.8 Å². The van der Waals surface area contributed by atoms with Crippen molar-refractivity contribution in [1.29, 1.82) is 0 Å². The number of ether oxygens (including phenoxy) is 2. The number of amides is 1. The molecular weight excluding hydrogens is 886 g/mol. The van der Waals surface area contributed by atoms with Crippen LogP contribution in [-0.2, 0) is 30.5 Å². The van der Waals surface area contributed by atoms with Crippen LogP contribution in [0.5, 0.6) is 11.5 Å². The van der Waals surface area contributed by atoms with E-state index in [1.54, 1.807) is 6.20 Å². The summed E-state index contributed by atoms with van der Waals surface area (Å²) in [6.07, 6.45) is 5.75. The van der Waals surface area contributed by atoms with Crippen LogP contribution in [0.15, 0.2) is 36.7 Å². The third kappa shape index (κ3) is 9.15. The van der Waals surface area contributed by atoms with Crippen molar-refractivity contribution in [2.75, 3.05) is 26.3 Å². The minimum absolute atomic E-state index is 0.0981. The van der Waals surface area contributed by atoms with Gasteiger partial charge in [-0.3, -0.25) is 4.79 Å². The lowest BCUT2D eigenvalue weighted by atomic mass is 10.0. The summed E-state index contributed by atoms with van der Waals surface area (Å²) in [4.78, 5) is 17.0. The lowest BCUT2D eigenvalue weighted by Gasteiger charge is -2.28. The number of rotatable bonds is 7. The summed E-state index contributed by atoms with van der Waals surface area (Å²) in [6.45, 7) is 2.97. The van der Waals surface area contributed by atoms with Crippen molar-refractivity contribution in [3.63, 3.8) is 0 Å². The summed E-state index contributed by atoms with van der Waals surface area (Å²) in [5.74, 6) is -2.44. The van der Waals surface area contributed by atoms with Gasteiger partial charge in [-0.25, -0.2) is 17.6 Å². The van der Waals surface area contributed by atoms with E-state index >= 15 is 0 Å². The van der Waals surface area contributed by atoms with Gasteiger partial charge in [-0.2, -0.15) is 0 Å². The van der Waals surface area contributed by atoms with E-state index in [2.05, 4.69) is 52.5 Å². The molecule has 4 heterocycles. The van der Waals surface area contributed by atoms with E-state index in [4.69, 9.17) is 39.6 Å². The fourth-order valence-corrected chi connectivity index (χ4v) is 6.35. The largest absolute Gasteiger partial charge is 0.488 e. The third-order valence-electron chi connectivity index (χ3n) is 7.59. The maximum atomic E-state index is 13.8. The molecule has 0 saturated heterocycles. The molecule has 4 aromatic rings. The van der Waals surface area contributed by atoms with Gasteiger partial charge in [0.1, 0.15) is 24.8 Å². The van der Waals surface area contributed by atoms with Crippen LogP contribution >= 0.6 is 61.7 Å². The number of nitrogens with zero attached hydrogens (tertiary/aromatic N) is 2. The molecule has 2 aliphatic heterocycles. The Balaban J connectivity index is 0.000000204. The molecule has 0 spiro atoms. The number of imidazole rings is 2. The zero-order chi connectivity index (χ0) is 34.2. The number of fused-ring (bicyclic) bond motifs is 2. The normalized spacial score (nSPS) is 16.3. The maximum Gasteiger partial charge on any atom is 0.216 e. The standard InChI is InChI=1S/C16H17F2N3O2S.C14H15F2N3OS.I2/c1-9(22)19-3-2-12-7-20-16(24)21(12)13-5-10-4-11(17)6-14(18)15(10)23-8-13;15-9-3-8-4-11(7-20-13(8)12(16)5-9)19-10(1-2-17)6-18-14(19)21;1-2/h4,6-7,13H,2-3,5,8H2,1H3,(H,19,22)(H,20,24);3,5-6,11H,1-2,4,7,17H2,(H,18,21);/t13-;11-;/m11./s1. The van der Waals surface area contributed by atoms with Crippen LogP contribution in [0.1, 0.15) is 41.5 Å². The van der Waals surface area contributed by atoms with E-state index in [0.717, 1.165) is 23.5 Å². The van der Waals surface area contributed by atoms with Crippen molar-refractivity contribution in [3.8, 4) is 11.5 Å². The monoisotopic (exact) mass is 918 g/mol. The fourth-order valence-electron chi connectivity index (χ4n) is 5.70. The second kappa shape index (κ2) is 17.3. The molecule has 5 N–H and O–H groups in total. The highest BCUT2D eigenvalue weighted by Gasteiger charge is 2.28. The first-order valence-corrected chi connectivity index (χ1v) is 21.5. The van der Waals surface area contributed by atoms with Gasteiger partial charge < -0.3 is 39.6 Å². The molecule has 0 radical (unpaired) electrons. The summed E-state index contributed by atoms with van der Waals surface area (Å²) >= 11 is 14.8. The Morgan fingerprint density at radius 3 is 1.74 bits per heavy atom. The van der Waals surface area contributed by atoms with Gasteiger partial charge in [0.25, 0.3) is 0 Å². The van der Waals surface area contributed by atoms with Gasteiger partial charge in [-0.1, -0.05) is 0 Å². The van der Waals surface area contributed by atoms with Crippen LogP contribution in [0.3, 0.4) is 0 Å². The van der Waals surface area contributed by atoms with Crippen LogP contribution in [0.25, 0.3) is 0 Å². The highest BCUT2D eigenvalue weighted by atomic mass is 128. The van der Waals surface area contributed by atoms with Gasteiger partial charge in [-0.15, -0.1) is 0 Å². The molecule has 2 aliphatic rings. The summed E-state index contributed by atoms with van der Waals surface area (Å²) in [5, 5.41) is 2.73. The lowest BCUT2D eigenvalue weighted by molar-refractivity contribution is -0.118. The highest BCUT2D eigenvalue weighted by molar-refractivity contribution is 15.0. The molecule has 47 heavy (non-hydrogen) atoms. The Kier molecular flexibility index (Phi) is 13.7. The number of carbonyl (C=O) groups is 1. The van der Waals surface area contributed by atoms with E-state index < -0.39 is 23.3 Å². The van der Waals surface area contributed by atoms with Gasteiger partial charge >= 0.3 is 0 Å². The minimum Gasteiger partial charge on any atom is -0.488 e. The molecule has 2 aromatic heterocycles. The first kappa shape index (κ1) is 37.3. The number of nitrogens with one attached hydrogen (secondary N) is 3. The van der Waals surface area contributed by atoms with Crippen molar-refractivity contribution in [2.45, 2.75) is 44.7 Å². The van der Waals surface area contributed by atoms with Crippen LogP contribution in [0.4, 0.5) is 17.6 Å². The Hall–Kier alpha value is -2.49. The number of hydrogen-bond acceptors (Lipinski definition) is 6. The second-order valence-electron chi connectivity index (χ2n) is 10.8. The summed E-state index contributed by atoms with van der Waals surface area (Å²) < 4.78 is 70.1. The first-order valence-electron chi connectivity index (χ1n) is 14.4. The van der Waals surface area contributed by atoms with E-state index in [9.17, 15) is 22.4 Å². The Bertz CT molecular complexity index is 1830.